The summed E-state index contributed by atoms with van der Waals surface area (Å²) in [5.74, 6) is 0.540. The van der Waals surface area contributed by atoms with Crippen molar-refractivity contribution < 1.29 is 4.92 Å². The summed E-state index contributed by atoms with van der Waals surface area (Å²) in [5, 5.41) is 13.8. The quantitative estimate of drug-likeness (QED) is 0.566. The summed E-state index contributed by atoms with van der Waals surface area (Å²) >= 11 is 0. The first-order valence-corrected chi connectivity index (χ1v) is 6.51. The van der Waals surface area contributed by atoms with E-state index in [-0.39, 0.29) is 5.82 Å². The second-order valence-electron chi connectivity index (χ2n) is 4.46. The summed E-state index contributed by atoms with van der Waals surface area (Å²) in [5.41, 5.74) is 0.843. The molecule has 0 saturated heterocycles. The Labute approximate surface area is 108 Å². The fourth-order valence-electron chi connectivity index (χ4n) is 1.80. The van der Waals surface area contributed by atoms with E-state index in [2.05, 4.69) is 24.1 Å². The number of anilines is 1. The lowest BCUT2D eigenvalue weighted by Crippen LogP contribution is -2.13. The third-order valence-corrected chi connectivity index (χ3v) is 3.07. The number of hydrogen-bond donors (Lipinski definition) is 1. The minimum absolute atomic E-state index is 0.112. The molecule has 1 rings (SSSR count). The van der Waals surface area contributed by atoms with Crippen molar-refractivity contribution in [2.45, 2.75) is 39.5 Å². The average Bonchev–Trinajstić information content (AvgIpc) is 2.39. The Balaban J connectivity index is 2.44. The van der Waals surface area contributed by atoms with Gasteiger partial charge in [0.25, 0.3) is 0 Å². The van der Waals surface area contributed by atoms with Crippen LogP contribution in [0, 0.1) is 16.0 Å². The second-order valence-corrected chi connectivity index (χ2v) is 4.46. The highest BCUT2D eigenvalue weighted by atomic mass is 16.6. The highest BCUT2D eigenvalue weighted by Crippen LogP contribution is 2.15. The largest absolute Gasteiger partial charge is 0.382 e. The van der Waals surface area contributed by atoms with Crippen molar-refractivity contribution >= 4 is 11.5 Å². The number of hydrogen-bond acceptors (Lipinski definition) is 4. The van der Waals surface area contributed by atoms with Gasteiger partial charge in [-0.15, -0.1) is 0 Å². The SMILES string of the molecule is CCCCC(CC)CNc1ccc([N+](=O)[O-])nc1. The molecule has 1 aromatic heterocycles. The van der Waals surface area contributed by atoms with E-state index in [0.29, 0.717) is 5.92 Å². The summed E-state index contributed by atoms with van der Waals surface area (Å²) < 4.78 is 0. The summed E-state index contributed by atoms with van der Waals surface area (Å²) in [4.78, 5) is 13.8. The Morgan fingerprint density at radius 1 is 1.44 bits per heavy atom. The third-order valence-electron chi connectivity index (χ3n) is 3.07. The molecule has 0 aliphatic rings. The Morgan fingerprint density at radius 2 is 2.22 bits per heavy atom. The Bertz CT molecular complexity index is 365. The highest BCUT2D eigenvalue weighted by Gasteiger charge is 2.08. The molecule has 5 nitrogen and oxygen atoms in total. The fourth-order valence-corrected chi connectivity index (χ4v) is 1.80. The van der Waals surface area contributed by atoms with Gasteiger partial charge < -0.3 is 15.4 Å². The second kappa shape index (κ2) is 7.63. The molecule has 100 valence electrons. The van der Waals surface area contributed by atoms with Gasteiger partial charge in [0.15, 0.2) is 6.20 Å². The maximum atomic E-state index is 10.5. The van der Waals surface area contributed by atoms with Crippen LogP contribution in [0.15, 0.2) is 18.3 Å². The zero-order chi connectivity index (χ0) is 13.4. The maximum absolute atomic E-state index is 10.5. The van der Waals surface area contributed by atoms with Crippen LogP contribution in [0.4, 0.5) is 11.5 Å². The molecule has 0 bridgehead atoms. The van der Waals surface area contributed by atoms with Crippen molar-refractivity contribution in [1.29, 1.82) is 0 Å². The van der Waals surface area contributed by atoms with Crippen LogP contribution in [0.5, 0.6) is 0 Å². The molecule has 1 aromatic rings. The smallest absolute Gasteiger partial charge is 0.363 e. The first-order valence-electron chi connectivity index (χ1n) is 6.51. The Hall–Kier alpha value is -1.65. The van der Waals surface area contributed by atoms with Crippen molar-refractivity contribution in [1.82, 2.24) is 4.98 Å². The molecule has 0 fully saturated rings. The zero-order valence-electron chi connectivity index (χ0n) is 11.1. The summed E-state index contributed by atoms with van der Waals surface area (Å²) in [6.45, 7) is 5.28. The van der Waals surface area contributed by atoms with E-state index in [1.807, 2.05) is 0 Å². The molecular weight excluding hydrogens is 230 g/mol. The molecule has 1 atom stereocenters. The predicted molar refractivity (Wildman–Crippen MR) is 72.7 cm³/mol. The molecule has 1 N–H and O–H groups in total. The normalized spacial score (nSPS) is 12.1. The number of nitro groups is 1. The Morgan fingerprint density at radius 3 is 2.72 bits per heavy atom. The molecule has 0 amide bonds. The highest BCUT2D eigenvalue weighted by molar-refractivity contribution is 5.43. The molecule has 5 heteroatoms. The van der Waals surface area contributed by atoms with E-state index in [4.69, 9.17) is 0 Å². The van der Waals surface area contributed by atoms with Crippen molar-refractivity contribution in [2.75, 3.05) is 11.9 Å². The summed E-state index contributed by atoms with van der Waals surface area (Å²) in [7, 11) is 0. The van der Waals surface area contributed by atoms with Crippen LogP contribution in [0.2, 0.25) is 0 Å². The van der Waals surface area contributed by atoms with Crippen LogP contribution in [0.3, 0.4) is 0 Å². The fraction of sp³-hybridized carbons (Fsp3) is 0.615. The van der Waals surface area contributed by atoms with Crippen molar-refractivity contribution in [2.24, 2.45) is 5.92 Å². The van der Waals surface area contributed by atoms with E-state index >= 15 is 0 Å². The van der Waals surface area contributed by atoms with Crippen molar-refractivity contribution in [3.05, 3.63) is 28.4 Å². The van der Waals surface area contributed by atoms with Gasteiger partial charge in [-0.25, -0.2) is 0 Å². The molecule has 0 spiro atoms. The topological polar surface area (TPSA) is 68.1 Å². The summed E-state index contributed by atoms with van der Waals surface area (Å²) in [6.07, 6.45) is 6.35. The van der Waals surface area contributed by atoms with E-state index in [9.17, 15) is 10.1 Å². The first kappa shape index (κ1) is 14.4. The van der Waals surface area contributed by atoms with Crippen LogP contribution in [-0.2, 0) is 0 Å². The molecule has 0 aromatic carbocycles. The van der Waals surface area contributed by atoms with Crippen LogP contribution in [-0.4, -0.2) is 16.5 Å². The van der Waals surface area contributed by atoms with E-state index in [0.717, 1.165) is 18.7 Å². The van der Waals surface area contributed by atoms with E-state index in [1.165, 1.54) is 31.5 Å². The lowest BCUT2D eigenvalue weighted by atomic mass is 9.99. The van der Waals surface area contributed by atoms with Gasteiger partial charge in [-0.1, -0.05) is 33.1 Å². The lowest BCUT2D eigenvalue weighted by Gasteiger charge is -2.15. The van der Waals surface area contributed by atoms with Gasteiger partial charge in [0, 0.05) is 12.6 Å². The van der Waals surface area contributed by atoms with Crippen molar-refractivity contribution in [3.63, 3.8) is 0 Å². The molecular formula is C13H21N3O2. The molecule has 0 saturated carbocycles. The number of unbranched alkanes of at least 4 members (excludes halogenated alkanes) is 1. The zero-order valence-corrected chi connectivity index (χ0v) is 11.1. The molecule has 0 radical (unpaired) electrons. The minimum atomic E-state index is -0.486. The van der Waals surface area contributed by atoms with Gasteiger partial charge in [-0.05, 0) is 28.3 Å². The van der Waals surface area contributed by atoms with Gasteiger partial charge in [0.1, 0.15) is 0 Å². The monoisotopic (exact) mass is 251 g/mol. The number of rotatable bonds is 8. The Kier molecular flexibility index (Phi) is 6.11. The maximum Gasteiger partial charge on any atom is 0.363 e. The molecule has 1 heterocycles. The van der Waals surface area contributed by atoms with Crippen LogP contribution < -0.4 is 5.32 Å². The standard InChI is InChI=1S/C13H21N3O2/c1-3-5-6-11(4-2)9-14-12-7-8-13(15-10-12)16(17)18/h7-8,10-11,14H,3-6,9H2,1-2H3. The number of pyridine rings is 1. The van der Waals surface area contributed by atoms with Gasteiger partial charge in [-0.2, -0.15) is 0 Å². The van der Waals surface area contributed by atoms with Crippen LogP contribution in [0.1, 0.15) is 39.5 Å². The number of nitrogens with one attached hydrogen (secondary N) is 1. The van der Waals surface area contributed by atoms with E-state index in [1.54, 1.807) is 6.07 Å². The predicted octanol–water partition coefficient (Wildman–Crippen LogP) is 3.62. The number of aromatic nitrogens is 1. The van der Waals surface area contributed by atoms with Crippen molar-refractivity contribution in [3.8, 4) is 0 Å². The molecule has 18 heavy (non-hydrogen) atoms. The van der Waals surface area contributed by atoms with Gasteiger partial charge >= 0.3 is 5.82 Å². The lowest BCUT2D eigenvalue weighted by molar-refractivity contribution is -0.389. The molecule has 0 aliphatic carbocycles. The first-order chi connectivity index (χ1) is 8.67. The minimum Gasteiger partial charge on any atom is -0.382 e. The molecule has 0 aliphatic heterocycles. The van der Waals surface area contributed by atoms with Gasteiger partial charge in [-0.3, -0.25) is 0 Å². The summed E-state index contributed by atoms with van der Waals surface area (Å²) in [6, 6.07) is 3.13. The van der Waals surface area contributed by atoms with E-state index < -0.39 is 4.92 Å². The van der Waals surface area contributed by atoms with Crippen LogP contribution >= 0.6 is 0 Å². The molecule has 1 unspecified atom stereocenters. The number of nitrogens with zero attached hydrogens (tertiary/aromatic N) is 2. The third kappa shape index (κ3) is 4.69. The van der Waals surface area contributed by atoms with Crippen LogP contribution in [0.25, 0.3) is 0 Å². The average molecular weight is 251 g/mol. The van der Waals surface area contributed by atoms with Gasteiger partial charge in [0.2, 0.25) is 0 Å². The van der Waals surface area contributed by atoms with Gasteiger partial charge in [0.05, 0.1) is 5.69 Å².